The normalized spacial score (nSPS) is 28.9. The fourth-order valence-electron chi connectivity index (χ4n) is 14.0. The van der Waals surface area contributed by atoms with Crippen LogP contribution in [0.5, 0.6) is 0 Å². The van der Waals surface area contributed by atoms with Gasteiger partial charge in [0.05, 0.1) is 5.41 Å². The van der Waals surface area contributed by atoms with Crippen molar-refractivity contribution in [3.63, 3.8) is 0 Å². The number of nitrogens with zero attached hydrogens (tertiary/aromatic N) is 1. The van der Waals surface area contributed by atoms with Crippen LogP contribution in [0.2, 0.25) is 0 Å². The molecule has 0 spiro atoms. The van der Waals surface area contributed by atoms with Crippen molar-refractivity contribution in [2.75, 3.05) is 4.90 Å². The summed E-state index contributed by atoms with van der Waals surface area (Å²) < 4.78 is 0. The molecule has 1 heteroatoms. The number of fused-ring (bicyclic) bond motifs is 5. The molecule has 7 aliphatic rings. The number of anilines is 3. The first kappa shape index (κ1) is 32.4. The molecule has 1 nitrogen and oxygen atoms in total. The van der Waals surface area contributed by atoms with Crippen LogP contribution < -0.4 is 4.90 Å². The zero-order chi connectivity index (χ0) is 36.1. The first-order valence-electron chi connectivity index (χ1n) is 21.5. The molecule has 6 bridgehead atoms. The van der Waals surface area contributed by atoms with Crippen molar-refractivity contribution in [2.45, 2.75) is 81.0 Å². The minimum absolute atomic E-state index is 0.394. The van der Waals surface area contributed by atoms with Crippen LogP contribution >= 0.6 is 0 Å². The molecule has 3 atom stereocenters. The number of rotatable bonds is 7. The third-order valence-electron chi connectivity index (χ3n) is 15.8. The molecule has 6 aromatic rings. The Kier molecular flexibility index (Phi) is 7.25. The molecule has 6 fully saturated rings. The highest BCUT2D eigenvalue weighted by atomic mass is 15.1. The zero-order valence-corrected chi connectivity index (χ0v) is 31.9. The van der Waals surface area contributed by atoms with Crippen molar-refractivity contribution < 1.29 is 0 Å². The van der Waals surface area contributed by atoms with Gasteiger partial charge >= 0.3 is 0 Å². The summed E-state index contributed by atoms with van der Waals surface area (Å²) in [5, 5.41) is 0. The quantitative estimate of drug-likeness (QED) is 0.159. The van der Waals surface area contributed by atoms with E-state index >= 15 is 0 Å². The van der Waals surface area contributed by atoms with Gasteiger partial charge in [0.25, 0.3) is 0 Å². The van der Waals surface area contributed by atoms with E-state index in [4.69, 9.17) is 0 Å². The lowest BCUT2D eigenvalue weighted by Crippen LogP contribution is -2.48. The van der Waals surface area contributed by atoms with Gasteiger partial charge in [0.1, 0.15) is 0 Å². The van der Waals surface area contributed by atoms with Crippen LogP contribution in [0.1, 0.15) is 104 Å². The van der Waals surface area contributed by atoms with Crippen molar-refractivity contribution in [1.82, 2.24) is 0 Å². The Bertz CT molecular complexity index is 2300. The molecule has 3 unspecified atom stereocenters. The predicted molar refractivity (Wildman–Crippen MR) is 226 cm³/mol. The average molecular weight is 714 g/mol. The smallest absolute Gasteiger partial charge is 0.0714 e. The Hall–Kier alpha value is -4.88. The Morgan fingerprint density at radius 3 is 1.58 bits per heavy atom. The molecule has 13 rings (SSSR count). The maximum atomic E-state index is 2.55. The SMILES string of the molecule is c1ccc(C2(c3ccccc3)c3ccccc3-c3ccc(N(c4ccc(C5CC6CCC5C6)cc4)c4ccc(C56CC7CC(CC(C7)C5)C6)cc4)cc32)cc1. The summed E-state index contributed by atoms with van der Waals surface area (Å²) in [6.45, 7) is 0. The Morgan fingerprint density at radius 2 is 0.982 bits per heavy atom. The number of hydrogen-bond donors (Lipinski definition) is 0. The molecule has 6 saturated carbocycles. The summed E-state index contributed by atoms with van der Waals surface area (Å²) >= 11 is 0. The maximum Gasteiger partial charge on any atom is 0.0714 e. The van der Waals surface area contributed by atoms with E-state index in [9.17, 15) is 0 Å². The summed E-state index contributed by atoms with van der Waals surface area (Å²) in [5.41, 5.74) is 14.8. The Balaban J connectivity index is 1.01. The minimum Gasteiger partial charge on any atom is -0.310 e. The van der Waals surface area contributed by atoms with Crippen molar-refractivity contribution in [1.29, 1.82) is 0 Å². The van der Waals surface area contributed by atoms with Crippen LogP contribution in [0.25, 0.3) is 11.1 Å². The van der Waals surface area contributed by atoms with Gasteiger partial charge in [-0.05, 0) is 180 Å². The topological polar surface area (TPSA) is 3.24 Å². The van der Waals surface area contributed by atoms with E-state index in [0.717, 1.165) is 35.5 Å². The van der Waals surface area contributed by atoms with E-state index in [0.29, 0.717) is 5.41 Å². The van der Waals surface area contributed by atoms with Crippen LogP contribution in [0.4, 0.5) is 17.1 Å². The molecule has 272 valence electrons. The monoisotopic (exact) mass is 713 g/mol. The second-order valence-electron chi connectivity index (χ2n) is 18.7. The van der Waals surface area contributed by atoms with Crippen LogP contribution in [0, 0.1) is 29.6 Å². The first-order chi connectivity index (χ1) is 27.1. The first-order valence-corrected chi connectivity index (χ1v) is 21.5. The molecule has 0 heterocycles. The molecule has 0 amide bonds. The van der Waals surface area contributed by atoms with Crippen LogP contribution in [0.3, 0.4) is 0 Å². The van der Waals surface area contributed by atoms with Gasteiger partial charge in [0.15, 0.2) is 0 Å². The van der Waals surface area contributed by atoms with Gasteiger partial charge in [0, 0.05) is 17.1 Å². The van der Waals surface area contributed by atoms with E-state index < -0.39 is 5.41 Å². The zero-order valence-electron chi connectivity index (χ0n) is 31.9. The van der Waals surface area contributed by atoms with Crippen molar-refractivity contribution in [2.24, 2.45) is 29.6 Å². The van der Waals surface area contributed by atoms with E-state index in [1.807, 2.05) is 0 Å². The second kappa shape index (κ2) is 12.3. The highest BCUT2D eigenvalue weighted by Crippen LogP contribution is 2.61. The summed E-state index contributed by atoms with van der Waals surface area (Å²) in [4.78, 5) is 2.55. The molecule has 55 heavy (non-hydrogen) atoms. The lowest BCUT2D eigenvalue weighted by atomic mass is 9.48. The van der Waals surface area contributed by atoms with Crippen LogP contribution in [0.15, 0.2) is 152 Å². The van der Waals surface area contributed by atoms with E-state index in [2.05, 4.69) is 157 Å². The molecular formula is C54H51N. The van der Waals surface area contributed by atoms with Gasteiger partial charge in [-0.25, -0.2) is 0 Å². The molecule has 0 N–H and O–H groups in total. The van der Waals surface area contributed by atoms with Gasteiger partial charge in [0.2, 0.25) is 0 Å². The van der Waals surface area contributed by atoms with E-state index in [1.165, 1.54) is 115 Å². The lowest BCUT2D eigenvalue weighted by Gasteiger charge is -2.57. The van der Waals surface area contributed by atoms with E-state index in [1.54, 1.807) is 11.1 Å². The van der Waals surface area contributed by atoms with Crippen molar-refractivity contribution in [3.8, 4) is 11.1 Å². The number of hydrogen-bond acceptors (Lipinski definition) is 1. The third kappa shape index (κ3) is 4.90. The van der Waals surface area contributed by atoms with E-state index in [-0.39, 0.29) is 0 Å². The van der Waals surface area contributed by atoms with Gasteiger partial charge in [-0.15, -0.1) is 0 Å². The summed E-state index contributed by atoms with van der Waals surface area (Å²) in [6, 6.07) is 58.7. The molecule has 0 radical (unpaired) electrons. The van der Waals surface area contributed by atoms with Crippen LogP contribution in [-0.4, -0.2) is 0 Å². The second-order valence-corrected chi connectivity index (χ2v) is 18.7. The van der Waals surface area contributed by atoms with Gasteiger partial charge in [-0.2, -0.15) is 0 Å². The average Bonchev–Trinajstić information content (AvgIpc) is 3.95. The fraction of sp³-hybridized carbons (Fsp3) is 0.333. The Labute approximate surface area is 327 Å². The molecule has 0 aromatic heterocycles. The summed E-state index contributed by atoms with van der Waals surface area (Å²) in [5.74, 6) is 5.40. The largest absolute Gasteiger partial charge is 0.310 e. The maximum absolute atomic E-state index is 2.55. The minimum atomic E-state index is -0.426. The number of benzene rings is 6. The lowest BCUT2D eigenvalue weighted by molar-refractivity contribution is -0.00518. The molecular weight excluding hydrogens is 663 g/mol. The van der Waals surface area contributed by atoms with Crippen LogP contribution in [-0.2, 0) is 10.8 Å². The molecule has 7 aliphatic carbocycles. The van der Waals surface area contributed by atoms with Crippen molar-refractivity contribution >= 4 is 17.1 Å². The van der Waals surface area contributed by atoms with Gasteiger partial charge < -0.3 is 4.90 Å². The predicted octanol–water partition coefficient (Wildman–Crippen LogP) is 13.9. The van der Waals surface area contributed by atoms with Crippen molar-refractivity contribution in [3.05, 3.63) is 185 Å². The molecule has 0 aliphatic heterocycles. The Morgan fingerprint density at radius 1 is 0.418 bits per heavy atom. The van der Waals surface area contributed by atoms with Gasteiger partial charge in [-0.3, -0.25) is 0 Å². The highest BCUT2D eigenvalue weighted by Gasteiger charge is 2.52. The summed E-state index contributed by atoms with van der Waals surface area (Å²) in [6.07, 6.45) is 14.3. The fourth-order valence-corrected chi connectivity index (χ4v) is 14.0. The standard InChI is InChI=1S/C54H51N/c1-3-9-43(10-4-1)54(44-11-5-2-6-12-44)51-14-8-7-13-48(51)49-26-25-47(32-52(49)54)55(45-21-17-40(18-22-45)50-31-36-15-16-41(50)30-36)46-23-19-42(20-24-46)53-33-37-27-38(34-53)29-39(28-37)35-53/h1-14,17-26,32,36-39,41,50H,15-16,27-31,33-35H2. The molecule has 0 saturated heterocycles. The third-order valence-corrected chi connectivity index (χ3v) is 15.8. The highest BCUT2D eigenvalue weighted by molar-refractivity contribution is 5.89. The van der Waals surface area contributed by atoms with Gasteiger partial charge in [-0.1, -0.05) is 122 Å². The molecule has 6 aromatic carbocycles. The summed E-state index contributed by atoms with van der Waals surface area (Å²) in [7, 11) is 0.